The number of hydrogen-bond donors (Lipinski definition) is 2. The van der Waals surface area contributed by atoms with Crippen molar-refractivity contribution in [1.29, 1.82) is 0 Å². The molecule has 29 heavy (non-hydrogen) atoms. The van der Waals surface area contributed by atoms with Crippen LogP contribution in [0.3, 0.4) is 0 Å². The molecule has 0 radical (unpaired) electrons. The van der Waals surface area contributed by atoms with Gasteiger partial charge in [0.1, 0.15) is 12.4 Å². The molecular weight excluding hydrogens is 381 g/mol. The molecular formula is C19H18FN5O4. The van der Waals surface area contributed by atoms with Gasteiger partial charge in [0.25, 0.3) is 0 Å². The van der Waals surface area contributed by atoms with Crippen LogP contribution in [0.5, 0.6) is 11.5 Å². The first-order valence-corrected chi connectivity index (χ1v) is 8.40. The molecule has 150 valence electrons. The van der Waals surface area contributed by atoms with Gasteiger partial charge in [-0.2, -0.15) is 15.0 Å². The Kier molecular flexibility index (Phi) is 6.03. The van der Waals surface area contributed by atoms with Crippen molar-refractivity contribution in [3.8, 4) is 11.5 Å². The van der Waals surface area contributed by atoms with Gasteiger partial charge in [0.05, 0.1) is 19.8 Å². The number of ether oxygens (including phenoxy) is 3. The Labute approximate surface area is 165 Å². The summed E-state index contributed by atoms with van der Waals surface area (Å²) in [5.41, 5.74) is 6.65. The summed E-state index contributed by atoms with van der Waals surface area (Å²) in [4.78, 5) is 23.9. The average molecular weight is 399 g/mol. The molecule has 9 nitrogen and oxygen atoms in total. The van der Waals surface area contributed by atoms with Crippen LogP contribution < -0.4 is 20.5 Å². The van der Waals surface area contributed by atoms with Crippen LogP contribution in [0.2, 0.25) is 0 Å². The molecule has 3 N–H and O–H groups in total. The van der Waals surface area contributed by atoms with Gasteiger partial charge in [-0.1, -0.05) is 0 Å². The zero-order chi connectivity index (χ0) is 20.8. The minimum atomic E-state index is -0.489. The molecule has 0 bridgehead atoms. The summed E-state index contributed by atoms with van der Waals surface area (Å²) in [7, 11) is 2.75. The number of nitrogens with two attached hydrogens (primary N) is 1. The number of carbonyl (C=O) groups excluding carboxylic acids is 1. The summed E-state index contributed by atoms with van der Waals surface area (Å²) in [5, 5.41) is 2.92. The van der Waals surface area contributed by atoms with Crippen LogP contribution in [0.1, 0.15) is 16.2 Å². The van der Waals surface area contributed by atoms with Gasteiger partial charge in [-0.15, -0.1) is 0 Å². The van der Waals surface area contributed by atoms with Crippen molar-refractivity contribution in [1.82, 2.24) is 15.0 Å². The summed E-state index contributed by atoms with van der Waals surface area (Å²) in [5.74, 6) is 0.337. The third-order valence-corrected chi connectivity index (χ3v) is 3.74. The number of nitrogen functional groups attached to an aromatic ring is 1. The molecule has 1 heterocycles. The molecule has 0 aliphatic carbocycles. The smallest absolute Gasteiger partial charge is 0.337 e. The molecule has 0 saturated heterocycles. The molecule has 0 fully saturated rings. The minimum absolute atomic E-state index is 0.00350. The van der Waals surface area contributed by atoms with Crippen LogP contribution in [0.4, 0.5) is 22.0 Å². The first kappa shape index (κ1) is 19.8. The van der Waals surface area contributed by atoms with Gasteiger partial charge in [-0.25, -0.2) is 9.18 Å². The van der Waals surface area contributed by atoms with E-state index in [1.807, 2.05) is 0 Å². The van der Waals surface area contributed by atoms with E-state index < -0.39 is 5.97 Å². The van der Waals surface area contributed by atoms with E-state index in [9.17, 15) is 9.18 Å². The second-order valence-electron chi connectivity index (χ2n) is 5.71. The van der Waals surface area contributed by atoms with Gasteiger partial charge in [-0.3, -0.25) is 0 Å². The van der Waals surface area contributed by atoms with Crippen LogP contribution in [0.25, 0.3) is 0 Å². The summed E-state index contributed by atoms with van der Waals surface area (Å²) in [6.45, 7) is -0.0290. The van der Waals surface area contributed by atoms with E-state index in [1.165, 1.54) is 32.4 Å². The number of halogens is 1. The number of anilines is 3. The van der Waals surface area contributed by atoms with Gasteiger partial charge in [0, 0.05) is 5.69 Å². The molecule has 0 spiro atoms. The fourth-order valence-corrected chi connectivity index (χ4v) is 2.39. The van der Waals surface area contributed by atoms with Crippen molar-refractivity contribution in [3.63, 3.8) is 0 Å². The Morgan fingerprint density at radius 2 is 1.83 bits per heavy atom. The molecule has 2 aromatic carbocycles. The summed E-state index contributed by atoms with van der Waals surface area (Å²) < 4.78 is 28.7. The topological polar surface area (TPSA) is 121 Å². The van der Waals surface area contributed by atoms with Crippen molar-refractivity contribution in [2.45, 2.75) is 6.61 Å². The number of benzene rings is 2. The lowest BCUT2D eigenvalue weighted by Gasteiger charge is -2.12. The van der Waals surface area contributed by atoms with Crippen molar-refractivity contribution in [2.24, 2.45) is 0 Å². The van der Waals surface area contributed by atoms with Crippen molar-refractivity contribution < 1.29 is 23.4 Å². The van der Waals surface area contributed by atoms with Crippen LogP contribution in [0, 0.1) is 5.82 Å². The minimum Gasteiger partial charge on any atom is -0.493 e. The molecule has 3 aromatic rings. The highest BCUT2D eigenvalue weighted by Crippen LogP contribution is 2.29. The Hall–Kier alpha value is -3.95. The van der Waals surface area contributed by atoms with E-state index in [4.69, 9.17) is 15.2 Å². The molecule has 0 saturated carbocycles. The monoisotopic (exact) mass is 399 g/mol. The summed E-state index contributed by atoms with van der Waals surface area (Å²) >= 11 is 0. The standard InChI is InChI=1S/C19H18FN5O4/c1-27-15-9-11(17(26)28-2)3-8-14(15)29-10-16-23-18(21)25-19(24-16)22-13-6-4-12(20)5-7-13/h3-9H,10H2,1-2H3,(H3,21,22,23,24,25). The summed E-state index contributed by atoms with van der Waals surface area (Å²) in [6.07, 6.45) is 0. The zero-order valence-electron chi connectivity index (χ0n) is 15.7. The van der Waals surface area contributed by atoms with Crippen LogP contribution in [-0.4, -0.2) is 35.1 Å². The average Bonchev–Trinajstić information content (AvgIpc) is 2.72. The Morgan fingerprint density at radius 3 is 2.52 bits per heavy atom. The quantitative estimate of drug-likeness (QED) is 0.577. The van der Waals surface area contributed by atoms with Crippen molar-refractivity contribution in [3.05, 3.63) is 59.7 Å². The van der Waals surface area contributed by atoms with E-state index in [0.717, 1.165) is 0 Å². The van der Waals surface area contributed by atoms with Crippen molar-refractivity contribution >= 4 is 23.6 Å². The largest absolute Gasteiger partial charge is 0.493 e. The fraction of sp³-hybridized carbons (Fsp3) is 0.158. The maximum absolute atomic E-state index is 13.0. The van der Waals surface area contributed by atoms with Crippen LogP contribution in [-0.2, 0) is 11.3 Å². The normalized spacial score (nSPS) is 10.3. The predicted octanol–water partition coefficient (Wildman–Crippen LogP) is 2.71. The fourth-order valence-electron chi connectivity index (χ4n) is 2.39. The lowest BCUT2D eigenvalue weighted by atomic mass is 10.2. The van der Waals surface area contributed by atoms with Crippen molar-refractivity contribution in [2.75, 3.05) is 25.3 Å². The number of rotatable bonds is 7. The first-order chi connectivity index (χ1) is 14.0. The SMILES string of the molecule is COC(=O)c1ccc(OCc2nc(N)nc(Nc3ccc(F)cc3)n2)c(OC)c1. The molecule has 0 atom stereocenters. The highest BCUT2D eigenvalue weighted by Gasteiger charge is 2.13. The lowest BCUT2D eigenvalue weighted by molar-refractivity contribution is 0.0600. The third kappa shape index (κ3) is 5.06. The third-order valence-electron chi connectivity index (χ3n) is 3.74. The molecule has 0 aliphatic rings. The molecule has 10 heteroatoms. The highest BCUT2D eigenvalue weighted by atomic mass is 19.1. The Balaban J connectivity index is 1.74. The Morgan fingerprint density at radius 1 is 1.07 bits per heavy atom. The van der Waals surface area contributed by atoms with Gasteiger partial charge in [0.2, 0.25) is 11.9 Å². The molecule has 1 aromatic heterocycles. The van der Waals surface area contributed by atoms with Gasteiger partial charge >= 0.3 is 5.97 Å². The number of hydrogen-bond acceptors (Lipinski definition) is 9. The second kappa shape index (κ2) is 8.83. The van der Waals surface area contributed by atoms with Crippen LogP contribution in [0.15, 0.2) is 42.5 Å². The van der Waals surface area contributed by atoms with E-state index in [-0.39, 0.29) is 30.1 Å². The van der Waals surface area contributed by atoms with Gasteiger partial charge in [-0.05, 0) is 42.5 Å². The van der Waals surface area contributed by atoms with E-state index >= 15 is 0 Å². The molecule has 0 amide bonds. The predicted molar refractivity (Wildman–Crippen MR) is 103 cm³/mol. The number of nitrogens with zero attached hydrogens (tertiary/aromatic N) is 3. The number of esters is 1. The van der Waals surface area contributed by atoms with Crippen LogP contribution >= 0.6 is 0 Å². The Bertz CT molecular complexity index is 1010. The van der Waals surface area contributed by atoms with E-state index in [2.05, 4.69) is 25.0 Å². The zero-order valence-corrected chi connectivity index (χ0v) is 15.7. The van der Waals surface area contributed by atoms with Gasteiger partial charge in [0.15, 0.2) is 17.3 Å². The molecule has 0 unspecified atom stereocenters. The second-order valence-corrected chi connectivity index (χ2v) is 5.71. The lowest BCUT2D eigenvalue weighted by Crippen LogP contribution is -2.10. The maximum Gasteiger partial charge on any atom is 0.337 e. The number of aromatic nitrogens is 3. The van der Waals surface area contributed by atoms with E-state index in [1.54, 1.807) is 24.3 Å². The first-order valence-electron chi connectivity index (χ1n) is 8.40. The summed E-state index contributed by atoms with van der Waals surface area (Å²) in [6, 6.07) is 10.3. The van der Waals surface area contributed by atoms with Gasteiger partial charge < -0.3 is 25.3 Å². The number of carbonyl (C=O) groups is 1. The number of nitrogens with one attached hydrogen (secondary N) is 1. The highest BCUT2D eigenvalue weighted by molar-refractivity contribution is 5.90. The van der Waals surface area contributed by atoms with E-state index in [0.29, 0.717) is 22.7 Å². The maximum atomic E-state index is 13.0. The number of methoxy groups -OCH3 is 2. The molecule has 0 aliphatic heterocycles. The molecule has 3 rings (SSSR count).